The van der Waals surface area contributed by atoms with Gasteiger partial charge in [0, 0.05) is 25.1 Å². The van der Waals surface area contributed by atoms with E-state index in [1.165, 1.54) is 38.9 Å². The van der Waals surface area contributed by atoms with Gasteiger partial charge in [-0.3, -0.25) is 0 Å². The zero-order chi connectivity index (χ0) is 13.0. The van der Waals surface area contributed by atoms with Gasteiger partial charge in [-0.1, -0.05) is 13.8 Å². The predicted molar refractivity (Wildman–Crippen MR) is 75.8 cm³/mol. The Morgan fingerprint density at radius 1 is 1.22 bits per heavy atom. The minimum absolute atomic E-state index is 0.654. The van der Waals surface area contributed by atoms with Crippen LogP contribution in [0, 0.1) is 17.8 Å². The molecule has 18 heavy (non-hydrogen) atoms. The van der Waals surface area contributed by atoms with Crippen LogP contribution in [0.4, 0.5) is 0 Å². The SMILES string of the molecule is CNC1CCOCC1CN1CCC(C(C)C)CC1. The molecule has 0 bridgehead atoms. The lowest BCUT2D eigenvalue weighted by atomic mass is 9.86. The van der Waals surface area contributed by atoms with Crippen LogP contribution < -0.4 is 5.32 Å². The van der Waals surface area contributed by atoms with Gasteiger partial charge in [0.15, 0.2) is 0 Å². The van der Waals surface area contributed by atoms with Crippen LogP contribution in [0.15, 0.2) is 0 Å². The smallest absolute Gasteiger partial charge is 0.0521 e. The molecular weight excluding hydrogens is 224 g/mol. The van der Waals surface area contributed by atoms with Crippen molar-refractivity contribution in [2.24, 2.45) is 17.8 Å². The molecule has 0 saturated carbocycles. The molecule has 2 rings (SSSR count). The monoisotopic (exact) mass is 254 g/mol. The number of hydrogen-bond acceptors (Lipinski definition) is 3. The quantitative estimate of drug-likeness (QED) is 0.830. The first-order valence-corrected chi connectivity index (χ1v) is 7.68. The van der Waals surface area contributed by atoms with Gasteiger partial charge in [0.2, 0.25) is 0 Å². The highest BCUT2D eigenvalue weighted by molar-refractivity contribution is 4.83. The van der Waals surface area contributed by atoms with Gasteiger partial charge in [-0.2, -0.15) is 0 Å². The van der Waals surface area contributed by atoms with E-state index in [0.29, 0.717) is 12.0 Å². The summed E-state index contributed by atoms with van der Waals surface area (Å²) < 4.78 is 5.65. The fourth-order valence-corrected chi connectivity index (χ4v) is 3.49. The fourth-order valence-electron chi connectivity index (χ4n) is 3.49. The van der Waals surface area contributed by atoms with E-state index >= 15 is 0 Å². The van der Waals surface area contributed by atoms with E-state index in [2.05, 4.69) is 31.1 Å². The molecule has 0 aromatic heterocycles. The van der Waals surface area contributed by atoms with Crippen LogP contribution in [0.5, 0.6) is 0 Å². The second-order valence-corrected chi connectivity index (χ2v) is 6.40. The van der Waals surface area contributed by atoms with E-state index in [-0.39, 0.29) is 0 Å². The molecule has 2 saturated heterocycles. The van der Waals surface area contributed by atoms with Crippen molar-refractivity contribution in [2.45, 2.75) is 39.2 Å². The summed E-state index contributed by atoms with van der Waals surface area (Å²) in [6, 6.07) is 0.654. The summed E-state index contributed by atoms with van der Waals surface area (Å²) in [4.78, 5) is 2.66. The second-order valence-electron chi connectivity index (χ2n) is 6.40. The molecule has 2 atom stereocenters. The molecule has 0 spiro atoms. The molecular formula is C15H30N2O. The van der Waals surface area contributed by atoms with E-state index < -0.39 is 0 Å². The topological polar surface area (TPSA) is 24.5 Å². The molecule has 2 unspecified atom stereocenters. The maximum atomic E-state index is 5.65. The summed E-state index contributed by atoms with van der Waals surface area (Å²) in [5.41, 5.74) is 0. The number of ether oxygens (including phenoxy) is 1. The third-order valence-corrected chi connectivity index (χ3v) is 4.91. The molecule has 0 aliphatic carbocycles. The van der Waals surface area contributed by atoms with Crippen molar-refractivity contribution in [1.29, 1.82) is 0 Å². The van der Waals surface area contributed by atoms with Gasteiger partial charge in [-0.15, -0.1) is 0 Å². The third kappa shape index (κ3) is 3.69. The Hall–Kier alpha value is -0.120. The van der Waals surface area contributed by atoms with Crippen LogP contribution in [0.3, 0.4) is 0 Å². The fraction of sp³-hybridized carbons (Fsp3) is 1.00. The van der Waals surface area contributed by atoms with Crippen molar-refractivity contribution in [3.05, 3.63) is 0 Å². The van der Waals surface area contributed by atoms with Crippen LogP contribution >= 0.6 is 0 Å². The molecule has 3 heteroatoms. The molecule has 2 fully saturated rings. The summed E-state index contributed by atoms with van der Waals surface area (Å²) in [7, 11) is 2.09. The van der Waals surface area contributed by atoms with Crippen molar-refractivity contribution in [2.75, 3.05) is 39.9 Å². The molecule has 0 aromatic carbocycles. The minimum Gasteiger partial charge on any atom is -0.381 e. The average Bonchev–Trinajstić information content (AvgIpc) is 2.40. The first-order chi connectivity index (χ1) is 8.70. The van der Waals surface area contributed by atoms with E-state index in [4.69, 9.17) is 4.74 Å². The van der Waals surface area contributed by atoms with Crippen molar-refractivity contribution in [3.63, 3.8) is 0 Å². The molecule has 2 aliphatic heterocycles. The lowest BCUT2D eigenvalue weighted by Crippen LogP contribution is -2.48. The van der Waals surface area contributed by atoms with Gasteiger partial charge in [0.25, 0.3) is 0 Å². The lowest BCUT2D eigenvalue weighted by molar-refractivity contribution is 0.0122. The maximum absolute atomic E-state index is 5.65. The van der Waals surface area contributed by atoms with Gasteiger partial charge in [0.05, 0.1) is 6.61 Å². The lowest BCUT2D eigenvalue weighted by Gasteiger charge is -2.39. The number of hydrogen-bond donors (Lipinski definition) is 1. The summed E-state index contributed by atoms with van der Waals surface area (Å²) in [5, 5.41) is 3.46. The number of nitrogens with one attached hydrogen (secondary N) is 1. The van der Waals surface area contributed by atoms with Gasteiger partial charge >= 0.3 is 0 Å². The van der Waals surface area contributed by atoms with Crippen LogP contribution in [0.2, 0.25) is 0 Å². The molecule has 0 aromatic rings. The molecule has 2 heterocycles. The summed E-state index contributed by atoms with van der Waals surface area (Å²) >= 11 is 0. The van der Waals surface area contributed by atoms with E-state index in [1.807, 2.05) is 0 Å². The van der Waals surface area contributed by atoms with E-state index in [1.54, 1.807) is 0 Å². The predicted octanol–water partition coefficient (Wildman–Crippen LogP) is 1.98. The highest BCUT2D eigenvalue weighted by Gasteiger charge is 2.28. The first-order valence-electron chi connectivity index (χ1n) is 7.68. The zero-order valence-corrected chi connectivity index (χ0v) is 12.3. The highest BCUT2D eigenvalue weighted by atomic mass is 16.5. The minimum atomic E-state index is 0.654. The molecule has 0 amide bonds. The number of likely N-dealkylation sites (tertiary alicyclic amines) is 1. The Morgan fingerprint density at radius 3 is 2.56 bits per heavy atom. The van der Waals surface area contributed by atoms with Crippen molar-refractivity contribution < 1.29 is 4.74 Å². The number of nitrogens with zero attached hydrogens (tertiary/aromatic N) is 1. The number of piperidine rings is 1. The third-order valence-electron chi connectivity index (χ3n) is 4.91. The molecule has 1 N–H and O–H groups in total. The summed E-state index contributed by atoms with van der Waals surface area (Å²) in [6.07, 6.45) is 3.94. The Bertz CT molecular complexity index is 237. The zero-order valence-electron chi connectivity index (χ0n) is 12.3. The molecule has 3 nitrogen and oxygen atoms in total. The first kappa shape index (κ1) is 14.3. The average molecular weight is 254 g/mol. The largest absolute Gasteiger partial charge is 0.381 e. The van der Waals surface area contributed by atoms with Crippen LogP contribution in [-0.4, -0.2) is 50.8 Å². The van der Waals surface area contributed by atoms with Gasteiger partial charge in [-0.25, -0.2) is 0 Å². The Kier molecular flexibility index (Phi) is 5.46. The van der Waals surface area contributed by atoms with Crippen molar-refractivity contribution in [3.8, 4) is 0 Å². The summed E-state index contributed by atoms with van der Waals surface area (Å²) in [6.45, 7) is 10.4. The maximum Gasteiger partial charge on any atom is 0.0521 e. The van der Waals surface area contributed by atoms with Crippen LogP contribution in [0.1, 0.15) is 33.1 Å². The summed E-state index contributed by atoms with van der Waals surface area (Å²) in [5.74, 6) is 2.48. The van der Waals surface area contributed by atoms with Gasteiger partial charge in [0.1, 0.15) is 0 Å². The van der Waals surface area contributed by atoms with Crippen LogP contribution in [-0.2, 0) is 4.74 Å². The highest BCUT2D eigenvalue weighted by Crippen LogP contribution is 2.26. The Balaban J connectivity index is 1.76. The standard InChI is InChI=1S/C15H30N2O/c1-12(2)13-4-7-17(8-5-13)10-14-11-18-9-6-15(14)16-3/h12-16H,4-11H2,1-3H3. The van der Waals surface area contributed by atoms with E-state index in [9.17, 15) is 0 Å². The molecule has 2 aliphatic rings. The second kappa shape index (κ2) is 6.88. The Labute approximate surface area is 112 Å². The number of rotatable bonds is 4. The van der Waals surface area contributed by atoms with Crippen LogP contribution in [0.25, 0.3) is 0 Å². The Morgan fingerprint density at radius 2 is 1.94 bits per heavy atom. The van der Waals surface area contributed by atoms with Crippen molar-refractivity contribution >= 4 is 0 Å². The van der Waals surface area contributed by atoms with Crippen molar-refractivity contribution in [1.82, 2.24) is 10.2 Å². The normalized spacial score (nSPS) is 32.0. The molecule has 0 radical (unpaired) electrons. The van der Waals surface area contributed by atoms with E-state index in [0.717, 1.165) is 25.0 Å². The van der Waals surface area contributed by atoms with Gasteiger partial charge in [-0.05, 0) is 51.2 Å². The molecule has 106 valence electrons. The van der Waals surface area contributed by atoms with Gasteiger partial charge < -0.3 is 15.0 Å².